The third-order valence-electron chi connectivity index (χ3n) is 3.30. The minimum absolute atomic E-state index is 0.407. The summed E-state index contributed by atoms with van der Waals surface area (Å²) >= 11 is 0. The highest BCUT2D eigenvalue weighted by atomic mass is 16.5. The van der Waals surface area contributed by atoms with Crippen molar-refractivity contribution in [2.24, 2.45) is 5.73 Å². The zero-order chi connectivity index (χ0) is 12.5. The van der Waals surface area contributed by atoms with E-state index in [1.54, 1.807) is 19.4 Å². The van der Waals surface area contributed by atoms with E-state index in [1.807, 2.05) is 6.07 Å². The van der Waals surface area contributed by atoms with Crippen molar-refractivity contribution in [1.82, 2.24) is 4.98 Å². The van der Waals surface area contributed by atoms with Crippen LogP contribution in [0.5, 0.6) is 5.75 Å². The molecule has 2 rings (SSSR count). The number of rotatable bonds is 4. The van der Waals surface area contributed by atoms with Crippen molar-refractivity contribution < 1.29 is 14.3 Å². The van der Waals surface area contributed by atoms with E-state index in [2.05, 4.69) is 4.98 Å². The highest BCUT2D eigenvalue weighted by molar-refractivity contribution is 5.79. The molecule has 0 aromatic carbocycles. The molecule has 5 nitrogen and oxygen atoms in total. The first-order valence-electron chi connectivity index (χ1n) is 5.48. The normalized spacial score (nSPS) is 18.3. The Balaban J connectivity index is 2.35. The SMILES string of the molecule is COC(=O)C(N)C1(c2ncccc2OC)CC1. The number of esters is 1. The molecule has 1 fully saturated rings. The van der Waals surface area contributed by atoms with Gasteiger partial charge in [-0.15, -0.1) is 0 Å². The second kappa shape index (κ2) is 4.33. The van der Waals surface area contributed by atoms with Crippen LogP contribution in [0.4, 0.5) is 0 Å². The maximum Gasteiger partial charge on any atom is 0.323 e. The summed E-state index contributed by atoms with van der Waals surface area (Å²) in [5.41, 5.74) is 6.29. The molecular weight excluding hydrogens is 220 g/mol. The van der Waals surface area contributed by atoms with Crippen molar-refractivity contribution in [3.05, 3.63) is 24.0 Å². The van der Waals surface area contributed by atoms with Crippen molar-refractivity contribution in [3.8, 4) is 5.75 Å². The molecule has 1 heterocycles. The zero-order valence-corrected chi connectivity index (χ0v) is 9.97. The van der Waals surface area contributed by atoms with Crippen molar-refractivity contribution in [3.63, 3.8) is 0 Å². The lowest BCUT2D eigenvalue weighted by molar-refractivity contribution is -0.143. The molecule has 2 N–H and O–H groups in total. The summed E-state index contributed by atoms with van der Waals surface area (Å²) in [4.78, 5) is 15.9. The van der Waals surface area contributed by atoms with E-state index in [1.165, 1.54) is 7.11 Å². The Morgan fingerprint density at radius 2 is 2.24 bits per heavy atom. The topological polar surface area (TPSA) is 74.4 Å². The largest absolute Gasteiger partial charge is 0.495 e. The second-order valence-corrected chi connectivity index (χ2v) is 4.21. The van der Waals surface area contributed by atoms with Crippen LogP contribution in [0.2, 0.25) is 0 Å². The number of carbonyl (C=O) groups is 1. The Morgan fingerprint density at radius 1 is 1.53 bits per heavy atom. The minimum Gasteiger partial charge on any atom is -0.495 e. The van der Waals surface area contributed by atoms with E-state index in [4.69, 9.17) is 15.2 Å². The molecule has 17 heavy (non-hydrogen) atoms. The van der Waals surface area contributed by atoms with Crippen molar-refractivity contribution in [2.45, 2.75) is 24.3 Å². The van der Waals surface area contributed by atoms with Gasteiger partial charge < -0.3 is 15.2 Å². The molecule has 1 saturated carbocycles. The maximum absolute atomic E-state index is 11.6. The number of nitrogens with two attached hydrogens (primary N) is 1. The van der Waals surface area contributed by atoms with Crippen LogP contribution in [0.25, 0.3) is 0 Å². The predicted molar refractivity (Wildman–Crippen MR) is 61.7 cm³/mol. The van der Waals surface area contributed by atoms with Crippen molar-refractivity contribution in [2.75, 3.05) is 14.2 Å². The van der Waals surface area contributed by atoms with E-state index in [-0.39, 0.29) is 0 Å². The average molecular weight is 236 g/mol. The van der Waals surface area contributed by atoms with Gasteiger partial charge in [0.25, 0.3) is 0 Å². The average Bonchev–Trinajstić information content (AvgIpc) is 3.18. The van der Waals surface area contributed by atoms with Crippen molar-refractivity contribution >= 4 is 5.97 Å². The lowest BCUT2D eigenvalue weighted by atomic mass is 9.92. The Labute approximate surface area is 99.9 Å². The van der Waals surface area contributed by atoms with Gasteiger partial charge in [0.15, 0.2) is 0 Å². The molecule has 1 aromatic rings. The van der Waals surface area contributed by atoms with Gasteiger partial charge in [0.05, 0.1) is 19.9 Å². The molecule has 0 spiro atoms. The summed E-state index contributed by atoms with van der Waals surface area (Å²) < 4.78 is 9.97. The third kappa shape index (κ3) is 1.86. The molecule has 1 aliphatic rings. The van der Waals surface area contributed by atoms with Gasteiger partial charge in [0, 0.05) is 11.6 Å². The number of ether oxygens (including phenoxy) is 2. The smallest absolute Gasteiger partial charge is 0.323 e. The van der Waals surface area contributed by atoms with E-state index in [0.717, 1.165) is 18.5 Å². The quantitative estimate of drug-likeness (QED) is 0.776. The molecule has 1 aromatic heterocycles. The highest BCUT2D eigenvalue weighted by Crippen LogP contribution is 2.52. The minimum atomic E-state index is -0.684. The lowest BCUT2D eigenvalue weighted by Gasteiger charge is -2.22. The van der Waals surface area contributed by atoms with Gasteiger partial charge >= 0.3 is 5.97 Å². The fourth-order valence-corrected chi connectivity index (χ4v) is 2.11. The second-order valence-electron chi connectivity index (χ2n) is 4.21. The highest BCUT2D eigenvalue weighted by Gasteiger charge is 2.55. The van der Waals surface area contributed by atoms with Crippen LogP contribution in [0.15, 0.2) is 18.3 Å². The molecule has 0 bridgehead atoms. The van der Waals surface area contributed by atoms with E-state index < -0.39 is 17.4 Å². The van der Waals surface area contributed by atoms with E-state index in [0.29, 0.717) is 5.75 Å². The van der Waals surface area contributed by atoms with Crippen molar-refractivity contribution in [1.29, 1.82) is 0 Å². The summed E-state index contributed by atoms with van der Waals surface area (Å²) in [5.74, 6) is 0.263. The Morgan fingerprint density at radius 3 is 2.76 bits per heavy atom. The van der Waals surface area contributed by atoms with Gasteiger partial charge in [-0.2, -0.15) is 0 Å². The Kier molecular flexibility index (Phi) is 3.02. The summed E-state index contributed by atoms with van der Waals surface area (Å²) in [6.45, 7) is 0. The van der Waals surface area contributed by atoms with Gasteiger partial charge in [-0.05, 0) is 25.0 Å². The first-order chi connectivity index (χ1) is 8.15. The van der Waals surface area contributed by atoms with Crippen LogP contribution < -0.4 is 10.5 Å². The number of methoxy groups -OCH3 is 2. The molecule has 1 atom stereocenters. The van der Waals surface area contributed by atoms with Crippen LogP contribution in [-0.4, -0.2) is 31.2 Å². The Bertz CT molecular complexity index is 430. The standard InChI is InChI=1S/C12H16N2O3/c1-16-8-4-3-7-14-10(8)12(5-6-12)9(13)11(15)17-2/h3-4,7,9H,5-6,13H2,1-2H3. The fourth-order valence-electron chi connectivity index (χ4n) is 2.11. The van der Waals surface area contributed by atoms with Crippen LogP contribution in [0, 0.1) is 0 Å². The number of nitrogens with zero attached hydrogens (tertiary/aromatic N) is 1. The van der Waals surface area contributed by atoms with Gasteiger partial charge in [0.1, 0.15) is 11.8 Å². The predicted octanol–water partition coefficient (Wildman–Crippen LogP) is 0.622. The lowest BCUT2D eigenvalue weighted by Crippen LogP contribution is -2.43. The first-order valence-corrected chi connectivity index (χ1v) is 5.48. The summed E-state index contributed by atoms with van der Waals surface area (Å²) in [6, 6.07) is 2.94. The summed E-state index contributed by atoms with van der Waals surface area (Å²) in [5, 5.41) is 0. The summed E-state index contributed by atoms with van der Waals surface area (Å²) in [6.07, 6.45) is 3.34. The zero-order valence-electron chi connectivity index (χ0n) is 9.97. The molecule has 92 valence electrons. The van der Waals surface area contributed by atoms with E-state index in [9.17, 15) is 4.79 Å². The molecule has 0 radical (unpaired) electrons. The molecule has 1 aliphatic carbocycles. The molecule has 0 saturated heterocycles. The fraction of sp³-hybridized carbons (Fsp3) is 0.500. The van der Waals surface area contributed by atoms with Gasteiger partial charge in [-0.25, -0.2) is 0 Å². The molecular formula is C12H16N2O3. The molecule has 1 unspecified atom stereocenters. The first kappa shape index (κ1) is 11.9. The number of pyridine rings is 1. The number of carbonyl (C=O) groups excluding carboxylic acids is 1. The van der Waals surface area contributed by atoms with Crippen LogP contribution >= 0.6 is 0 Å². The number of aromatic nitrogens is 1. The van der Waals surface area contributed by atoms with Gasteiger partial charge in [0.2, 0.25) is 0 Å². The maximum atomic E-state index is 11.6. The number of hydrogen-bond donors (Lipinski definition) is 1. The third-order valence-corrected chi connectivity index (χ3v) is 3.30. The molecule has 5 heteroatoms. The molecule has 0 aliphatic heterocycles. The van der Waals surface area contributed by atoms with Gasteiger partial charge in [-0.3, -0.25) is 9.78 Å². The van der Waals surface area contributed by atoms with Crippen LogP contribution in [0.3, 0.4) is 0 Å². The Hall–Kier alpha value is -1.62. The van der Waals surface area contributed by atoms with E-state index >= 15 is 0 Å². The van der Waals surface area contributed by atoms with Gasteiger partial charge in [-0.1, -0.05) is 0 Å². The summed E-state index contributed by atoms with van der Waals surface area (Å²) in [7, 11) is 2.92. The van der Waals surface area contributed by atoms with Crippen LogP contribution in [0.1, 0.15) is 18.5 Å². The number of hydrogen-bond acceptors (Lipinski definition) is 5. The van der Waals surface area contributed by atoms with Crippen LogP contribution in [-0.2, 0) is 14.9 Å². The molecule has 0 amide bonds. The monoisotopic (exact) mass is 236 g/mol.